The fourth-order valence-corrected chi connectivity index (χ4v) is 6.54. The monoisotopic (exact) mass is 493 g/mol. The predicted octanol–water partition coefficient (Wildman–Crippen LogP) is 5.76. The normalized spacial score (nSPS) is 20.9. The Bertz CT molecular complexity index is 1480. The van der Waals surface area contributed by atoms with Gasteiger partial charge in [0.05, 0.1) is 29.9 Å². The number of ether oxygens (including phenoxy) is 1. The van der Waals surface area contributed by atoms with Crippen molar-refractivity contribution in [3.05, 3.63) is 65.5 Å². The highest BCUT2D eigenvalue weighted by molar-refractivity contribution is 5.92. The summed E-state index contributed by atoms with van der Waals surface area (Å²) in [6, 6.07) is 17.5. The van der Waals surface area contributed by atoms with Crippen LogP contribution in [0.1, 0.15) is 48.4 Å². The van der Waals surface area contributed by atoms with Gasteiger partial charge in [0, 0.05) is 73.5 Å². The van der Waals surface area contributed by atoms with Crippen molar-refractivity contribution in [2.45, 2.75) is 44.6 Å². The quantitative estimate of drug-likeness (QED) is 0.362. The molecule has 37 heavy (non-hydrogen) atoms. The summed E-state index contributed by atoms with van der Waals surface area (Å²) in [6.45, 7) is 6.25. The Kier molecular flexibility index (Phi) is 6.26. The van der Waals surface area contributed by atoms with Crippen LogP contribution in [0, 0.1) is 18.3 Å². The van der Waals surface area contributed by atoms with Crippen LogP contribution in [-0.4, -0.2) is 53.8 Å². The molecule has 0 bridgehead atoms. The number of fused-ring (bicyclic) bond motifs is 2. The van der Waals surface area contributed by atoms with Gasteiger partial charge in [-0.15, -0.1) is 0 Å². The number of hydrogen-bond donors (Lipinski definition) is 0. The third-order valence-corrected chi connectivity index (χ3v) is 8.58. The summed E-state index contributed by atoms with van der Waals surface area (Å²) in [4.78, 5) is 10.1. The Morgan fingerprint density at radius 2 is 1.76 bits per heavy atom. The molecular formula is C31H35N5O. The van der Waals surface area contributed by atoms with Crippen LogP contribution in [0.15, 0.2) is 48.7 Å². The maximum Gasteiger partial charge on any atom is 0.121 e. The van der Waals surface area contributed by atoms with E-state index in [0.29, 0.717) is 12.0 Å². The molecule has 1 saturated carbocycles. The Morgan fingerprint density at radius 3 is 2.49 bits per heavy atom. The number of nitriles is 1. The molecule has 2 aliphatic rings. The van der Waals surface area contributed by atoms with Crippen molar-refractivity contribution in [2.75, 3.05) is 38.2 Å². The molecule has 2 aromatic carbocycles. The Balaban J connectivity index is 1.13. The lowest BCUT2D eigenvalue weighted by Crippen LogP contribution is -2.51. The van der Waals surface area contributed by atoms with Crippen molar-refractivity contribution in [1.29, 1.82) is 5.26 Å². The van der Waals surface area contributed by atoms with Gasteiger partial charge >= 0.3 is 0 Å². The molecule has 1 aliphatic carbocycles. The first-order valence-electron chi connectivity index (χ1n) is 13.5. The highest BCUT2D eigenvalue weighted by Gasteiger charge is 2.30. The minimum absolute atomic E-state index is 0.577. The zero-order valence-corrected chi connectivity index (χ0v) is 22.1. The van der Waals surface area contributed by atoms with Crippen LogP contribution < -0.4 is 9.64 Å². The maximum atomic E-state index is 9.39. The van der Waals surface area contributed by atoms with E-state index in [2.05, 4.69) is 77.0 Å². The number of pyridine rings is 1. The van der Waals surface area contributed by atoms with Gasteiger partial charge in [0.15, 0.2) is 0 Å². The second-order valence-electron chi connectivity index (χ2n) is 10.7. The van der Waals surface area contributed by atoms with Gasteiger partial charge in [-0.25, -0.2) is 0 Å². The molecule has 0 N–H and O–H groups in total. The van der Waals surface area contributed by atoms with E-state index in [4.69, 9.17) is 9.72 Å². The molecule has 2 fully saturated rings. The molecule has 2 aromatic heterocycles. The molecule has 0 radical (unpaired) electrons. The van der Waals surface area contributed by atoms with Crippen LogP contribution in [0.5, 0.6) is 5.75 Å². The van der Waals surface area contributed by atoms with E-state index in [1.165, 1.54) is 47.8 Å². The highest BCUT2D eigenvalue weighted by Crippen LogP contribution is 2.39. The molecule has 0 atom stereocenters. The summed E-state index contributed by atoms with van der Waals surface area (Å²) < 4.78 is 7.82. The number of benzene rings is 2. The third-order valence-electron chi connectivity index (χ3n) is 8.58. The number of methoxy groups -OCH3 is 1. The van der Waals surface area contributed by atoms with E-state index >= 15 is 0 Å². The highest BCUT2D eigenvalue weighted by atomic mass is 16.5. The molecule has 1 aliphatic heterocycles. The van der Waals surface area contributed by atoms with Crippen LogP contribution in [0.4, 0.5) is 5.69 Å². The van der Waals surface area contributed by atoms with E-state index in [1.54, 1.807) is 7.11 Å². The number of piperazine rings is 1. The lowest BCUT2D eigenvalue weighted by Gasteiger charge is -2.42. The van der Waals surface area contributed by atoms with Gasteiger partial charge in [-0.2, -0.15) is 5.26 Å². The van der Waals surface area contributed by atoms with Gasteiger partial charge in [-0.1, -0.05) is 6.07 Å². The van der Waals surface area contributed by atoms with E-state index in [-0.39, 0.29) is 0 Å². The molecule has 6 heteroatoms. The number of anilines is 1. The van der Waals surface area contributed by atoms with Gasteiger partial charge in [-0.05, 0) is 74.4 Å². The summed E-state index contributed by atoms with van der Waals surface area (Å²) in [5.74, 6) is 1.47. The van der Waals surface area contributed by atoms with Crippen LogP contribution in [0.3, 0.4) is 0 Å². The fraction of sp³-hybridized carbons (Fsp3) is 0.419. The summed E-state index contributed by atoms with van der Waals surface area (Å²) in [7, 11) is 3.85. The molecule has 190 valence electrons. The van der Waals surface area contributed by atoms with Gasteiger partial charge < -0.3 is 14.2 Å². The number of rotatable bonds is 4. The van der Waals surface area contributed by atoms with Crippen molar-refractivity contribution in [3.63, 3.8) is 0 Å². The maximum absolute atomic E-state index is 9.39. The molecule has 6 rings (SSSR count). The van der Waals surface area contributed by atoms with Crippen LogP contribution in [0.25, 0.3) is 21.8 Å². The smallest absolute Gasteiger partial charge is 0.121 e. The standard InChI is InChI=1S/C31H35N5O/c1-21-4-6-24-17-26(37-3)18-30(31(24)33-21)36-14-12-35(13-15-36)25-9-7-23(8-10-25)28-20-34(2)29-11-5-22(19-32)16-27(28)29/h4-6,11,16-18,20,23,25H,7-10,12-15H2,1-3H3/t23-,25+. The topological polar surface area (TPSA) is 57.3 Å². The van der Waals surface area contributed by atoms with E-state index in [0.717, 1.165) is 54.1 Å². The Morgan fingerprint density at radius 1 is 0.973 bits per heavy atom. The SMILES string of the molecule is COc1cc(N2CCN([C@H]3CC[C@@H](c4cn(C)c5ccc(C#N)cc54)CC3)CC2)c2nc(C)ccc2c1. The van der Waals surface area contributed by atoms with Gasteiger partial charge in [0.25, 0.3) is 0 Å². The minimum Gasteiger partial charge on any atom is -0.497 e. The molecule has 0 unspecified atom stereocenters. The van der Waals surface area contributed by atoms with Crippen molar-refractivity contribution in [3.8, 4) is 11.8 Å². The fourth-order valence-electron chi connectivity index (χ4n) is 6.54. The molecule has 3 heterocycles. The van der Waals surface area contributed by atoms with Gasteiger partial charge in [-0.3, -0.25) is 9.88 Å². The minimum atomic E-state index is 0.577. The molecule has 1 saturated heterocycles. The summed E-state index contributed by atoms with van der Waals surface area (Å²) >= 11 is 0. The van der Waals surface area contributed by atoms with Crippen LogP contribution >= 0.6 is 0 Å². The second kappa shape index (κ2) is 9.72. The first-order chi connectivity index (χ1) is 18.0. The molecule has 0 amide bonds. The predicted molar refractivity (Wildman–Crippen MR) is 149 cm³/mol. The zero-order valence-electron chi connectivity index (χ0n) is 22.1. The largest absolute Gasteiger partial charge is 0.497 e. The Labute approximate surface area is 219 Å². The summed E-state index contributed by atoms with van der Waals surface area (Å²) in [6.07, 6.45) is 7.20. The summed E-state index contributed by atoms with van der Waals surface area (Å²) in [5, 5.41) is 11.8. The second-order valence-corrected chi connectivity index (χ2v) is 10.7. The van der Waals surface area contributed by atoms with Crippen molar-refractivity contribution >= 4 is 27.5 Å². The first-order valence-corrected chi connectivity index (χ1v) is 13.5. The number of hydrogen-bond acceptors (Lipinski definition) is 5. The number of nitrogens with zero attached hydrogens (tertiary/aromatic N) is 5. The Hall–Kier alpha value is -3.56. The van der Waals surface area contributed by atoms with Crippen molar-refractivity contribution in [2.24, 2.45) is 7.05 Å². The van der Waals surface area contributed by atoms with Gasteiger partial charge in [0.1, 0.15) is 5.75 Å². The van der Waals surface area contributed by atoms with Crippen LogP contribution in [-0.2, 0) is 7.05 Å². The average Bonchev–Trinajstić information content (AvgIpc) is 3.28. The van der Waals surface area contributed by atoms with E-state index in [1.807, 2.05) is 6.07 Å². The molecule has 0 spiro atoms. The van der Waals surface area contributed by atoms with Crippen LogP contribution in [0.2, 0.25) is 0 Å². The lowest BCUT2D eigenvalue weighted by atomic mass is 9.81. The zero-order chi connectivity index (χ0) is 25.5. The summed E-state index contributed by atoms with van der Waals surface area (Å²) in [5.41, 5.74) is 6.70. The van der Waals surface area contributed by atoms with E-state index in [9.17, 15) is 5.26 Å². The molecule has 6 nitrogen and oxygen atoms in total. The van der Waals surface area contributed by atoms with E-state index < -0.39 is 0 Å². The van der Waals surface area contributed by atoms with Gasteiger partial charge in [0.2, 0.25) is 0 Å². The van der Waals surface area contributed by atoms with Crippen molar-refractivity contribution < 1.29 is 4.74 Å². The molecule has 4 aromatic rings. The lowest BCUT2D eigenvalue weighted by molar-refractivity contribution is 0.141. The third kappa shape index (κ3) is 4.42. The number of aromatic nitrogens is 2. The molecular weight excluding hydrogens is 458 g/mol. The first kappa shape index (κ1) is 23.8. The number of aryl methyl sites for hydroxylation is 2. The average molecular weight is 494 g/mol. The van der Waals surface area contributed by atoms with Crippen molar-refractivity contribution in [1.82, 2.24) is 14.5 Å².